The molecule has 0 radical (unpaired) electrons. The van der Waals surface area contributed by atoms with Crippen molar-refractivity contribution in [2.75, 3.05) is 43.1 Å². The molecule has 0 bridgehead atoms. The Hall–Kier alpha value is -1.62. The van der Waals surface area contributed by atoms with E-state index in [2.05, 4.69) is 58.3 Å². The summed E-state index contributed by atoms with van der Waals surface area (Å²) in [4.78, 5) is 6.80. The smallest absolute Gasteiger partial charge is 0.191 e. The minimum Gasteiger partial charge on any atom is -0.372 e. The van der Waals surface area contributed by atoms with Gasteiger partial charge in [0.2, 0.25) is 0 Å². The van der Waals surface area contributed by atoms with Gasteiger partial charge < -0.3 is 15.5 Å². The molecule has 1 atom stereocenters. The van der Waals surface area contributed by atoms with Crippen LogP contribution in [-0.4, -0.2) is 44.1 Å². The number of hydrogen-bond donors (Lipinski definition) is 2. The highest BCUT2D eigenvalue weighted by molar-refractivity contribution is 7.99. The molecule has 1 aromatic carbocycles. The van der Waals surface area contributed by atoms with E-state index in [0.29, 0.717) is 0 Å². The Morgan fingerprint density at radius 2 is 2.21 bits per heavy atom. The fourth-order valence-corrected chi connectivity index (χ4v) is 3.44. The van der Waals surface area contributed by atoms with E-state index in [1.54, 1.807) is 0 Å². The lowest BCUT2D eigenvalue weighted by Crippen LogP contribution is -2.39. The first-order valence-electron chi connectivity index (χ1n) is 8.75. The molecule has 4 nitrogen and oxygen atoms in total. The first kappa shape index (κ1) is 18.7. The zero-order valence-corrected chi connectivity index (χ0v) is 15.7. The second-order valence-electron chi connectivity index (χ2n) is 6.02. The van der Waals surface area contributed by atoms with E-state index in [9.17, 15) is 0 Å². The Balaban J connectivity index is 1.86. The van der Waals surface area contributed by atoms with E-state index < -0.39 is 0 Å². The summed E-state index contributed by atoms with van der Waals surface area (Å²) >= 11 is 1.87. The lowest BCUT2D eigenvalue weighted by atomic mass is 10.1. The first-order chi connectivity index (χ1) is 11.7. The van der Waals surface area contributed by atoms with Crippen LogP contribution in [0, 0.1) is 0 Å². The van der Waals surface area contributed by atoms with Crippen molar-refractivity contribution in [1.29, 1.82) is 0 Å². The maximum absolute atomic E-state index is 4.33. The predicted octanol–water partition coefficient (Wildman–Crippen LogP) is 3.43. The maximum atomic E-state index is 4.33. The van der Waals surface area contributed by atoms with E-state index in [1.165, 1.54) is 37.2 Å². The quantitative estimate of drug-likeness (QED) is 0.327. The van der Waals surface area contributed by atoms with E-state index in [4.69, 9.17) is 0 Å². The van der Waals surface area contributed by atoms with E-state index >= 15 is 0 Å². The Bertz CT molecular complexity index is 538. The van der Waals surface area contributed by atoms with Crippen molar-refractivity contribution in [2.24, 2.45) is 4.99 Å². The summed E-state index contributed by atoms with van der Waals surface area (Å²) in [5.74, 6) is 2.90. The number of aliphatic imine (C=N–C) groups is 1. The predicted molar refractivity (Wildman–Crippen MR) is 108 cm³/mol. The number of benzene rings is 1. The molecule has 2 N–H and O–H groups in total. The molecule has 1 aliphatic rings. The fraction of sp³-hybridized carbons (Fsp3) is 0.526. The highest BCUT2D eigenvalue weighted by Gasteiger charge is 2.14. The average Bonchev–Trinajstić information content (AvgIpc) is 3.15. The number of nitrogens with one attached hydrogen (secondary N) is 2. The minimum absolute atomic E-state index is 0.222. The number of guanidine groups is 1. The van der Waals surface area contributed by atoms with Gasteiger partial charge in [0.25, 0.3) is 0 Å². The molecule has 0 saturated carbocycles. The molecule has 2 rings (SSSR count). The zero-order chi connectivity index (χ0) is 17.2. The second-order valence-corrected chi connectivity index (χ2v) is 7.17. The number of hydrogen-bond acceptors (Lipinski definition) is 3. The van der Waals surface area contributed by atoms with Gasteiger partial charge in [-0.1, -0.05) is 18.2 Å². The minimum atomic E-state index is 0.222. The van der Waals surface area contributed by atoms with Crippen LogP contribution in [0.3, 0.4) is 0 Å². The van der Waals surface area contributed by atoms with Crippen LogP contribution in [0.4, 0.5) is 5.69 Å². The Morgan fingerprint density at radius 3 is 2.92 bits per heavy atom. The highest BCUT2D eigenvalue weighted by atomic mass is 32.2. The average molecular weight is 347 g/mol. The van der Waals surface area contributed by atoms with E-state index in [0.717, 1.165) is 24.0 Å². The Labute approximate surface area is 150 Å². The van der Waals surface area contributed by atoms with Crippen LogP contribution in [-0.2, 0) is 0 Å². The molecule has 0 aliphatic carbocycles. The van der Waals surface area contributed by atoms with Crippen molar-refractivity contribution in [1.82, 2.24) is 10.6 Å². The van der Waals surface area contributed by atoms with E-state index in [1.807, 2.05) is 24.9 Å². The van der Waals surface area contributed by atoms with Gasteiger partial charge in [-0.15, -0.1) is 6.58 Å². The first-order valence-corrected chi connectivity index (χ1v) is 9.91. The van der Waals surface area contributed by atoms with E-state index in [-0.39, 0.29) is 6.04 Å². The molecule has 24 heavy (non-hydrogen) atoms. The van der Waals surface area contributed by atoms with Gasteiger partial charge in [0.05, 0.1) is 6.04 Å². The van der Waals surface area contributed by atoms with Crippen LogP contribution in [0.1, 0.15) is 31.4 Å². The second kappa shape index (κ2) is 10.3. The van der Waals surface area contributed by atoms with Gasteiger partial charge in [-0.2, -0.15) is 11.8 Å². The topological polar surface area (TPSA) is 39.7 Å². The van der Waals surface area contributed by atoms with Gasteiger partial charge in [0.15, 0.2) is 5.96 Å². The summed E-state index contributed by atoms with van der Waals surface area (Å²) in [6, 6.07) is 9.08. The molecule has 1 saturated heterocycles. The number of nitrogens with zero attached hydrogens (tertiary/aromatic N) is 2. The third-order valence-electron chi connectivity index (χ3n) is 4.19. The van der Waals surface area contributed by atoms with Crippen molar-refractivity contribution < 1.29 is 0 Å². The SMILES string of the molecule is C=CCSCCNC(=NC)NC(C)c1cccc(N2CCCC2)c1. The lowest BCUT2D eigenvalue weighted by molar-refractivity contribution is 0.690. The molecule has 1 aromatic rings. The zero-order valence-electron chi connectivity index (χ0n) is 14.9. The van der Waals surface area contributed by atoms with Gasteiger partial charge in [-0.05, 0) is 37.5 Å². The fourth-order valence-electron chi connectivity index (χ4n) is 2.86. The molecule has 1 aliphatic heterocycles. The standard InChI is InChI=1S/C19H30N4S/c1-4-13-24-14-10-21-19(20-3)22-16(2)17-8-7-9-18(15-17)23-11-5-6-12-23/h4,7-9,15-16H,1,5-6,10-14H2,2-3H3,(H2,20,21,22). The van der Waals surface area contributed by atoms with Crippen LogP contribution in [0.25, 0.3) is 0 Å². The highest BCUT2D eigenvalue weighted by Crippen LogP contribution is 2.23. The summed E-state index contributed by atoms with van der Waals surface area (Å²) in [6.45, 7) is 9.18. The monoisotopic (exact) mass is 346 g/mol. The summed E-state index contributed by atoms with van der Waals surface area (Å²) in [7, 11) is 1.82. The number of thioether (sulfide) groups is 1. The van der Waals surface area contributed by atoms with Gasteiger partial charge in [0.1, 0.15) is 0 Å². The number of anilines is 1. The molecule has 1 unspecified atom stereocenters. The number of rotatable bonds is 8. The van der Waals surface area contributed by atoms with Gasteiger partial charge in [0, 0.05) is 43.9 Å². The van der Waals surface area contributed by atoms with Crippen molar-refractivity contribution in [3.05, 3.63) is 42.5 Å². The van der Waals surface area contributed by atoms with Crippen molar-refractivity contribution in [2.45, 2.75) is 25.8 Å². The normalized spacial score (nSPS) is 16.1. The molecule has 0 amide bonds. The molecule has 0 aromatic heterocycles. The molecule has 0 spiro atoms. The van der Waals surface area contributed by atoms with Crippen LogP contribution >= 0.6 is 11.8 Å². The summed E-state index contributed by atoms with van der Waals surface area (Å²) in [5, 5.41) is 6.85. The molecule has 1 fully saturated rings. The van der Waals surface area contributed by atoms with Gasteiger partial charge in [-0.3, -0.25) is 4.99 Å². The lowest BCUT2D eigenvalue weighted by Gasteiger charge is -2.22. The molecule has 5 heteroatoms. The Morgan fingerprint density at radius 1 is 1.42 bits per heavy atom. The largest absolute Gasteiger partial charge is 0.372 e. The summed E-state index contributed by atoms with van der Waals surface area (Å²) in [6.07, 6.45) is 4.55. The van der Waals surface area contributed by atoms with Crippen LogP contribution < -0.4 is 15.5 Å². The van der Waals surface area contributed by atoms with Crippen molar-refractivity contribution >= 4 is 23.4 Å². The Kier molecular flexibility index (Phi) is 8.02. The van der Waals surface area contributed by atoms with Crippen LogP contribution in [0.2, 0.25) is 0 Å². The summed E-state index contributed by atoms with van der Waals surface area (Å²) < 4.78 is 0. The van der Waals surface area contributed by atoms with Gasteiger partial charge >= 0.3 is 0 Å². The summed E-state index contributed by atoms with van der Waals surface area (Å²) in [5.41, 5.74) is 2.63. The van der Waals surface area contributed by atoms with Crippen LogP contribution in [0.15, 0.2) is 41.9 Å². The molecule has 1 heterocycles. The van der Waals surface area contributed by atoms with Crippen molar-refractivity contribution in [3.63, 3.8) is 0 Å². The third kappa shape index (κ3) is 5.78. The molecule has 132 valence electrons. The third-order valence-corrected chi connectivity index (χ3v) is 5.16. The van der Waals surface area contributed by atoms with Gasteiger partial charge in [-0.25, -0.2) is 0 Å². The molecular weight excluding hydrogens is 316 g/mol. The van der Waals surface area contributed by atoms with Crippen molar-refractivity contribution in [3.8, 4) is 0 Å². The van der Waals surface area contributed by atoms with Crippen LogP contribution in [0.5, 0.6) is 0 Å². The molecular formula is C19H30N4S. The maximum Gasteiger partial charge on any atom is 0.191 e.